The number of rotatable bonds is 5. The van der Waals surface area contributed by atoms with Crippen molar-refractivity contribution in [3.8, 4) is 5.75 Å². The summed E-state index contributed by atoms with van der Waals surface area (Å²) >= 11 is 0. The standard InChI is InChI=1S/C20H28O3/c1-14(2)13-22-18-9-7-6-8-17(18)19(21)23-16-10-15(3)11-20(4,5)12-16/h6-9,15-16H,1,10-13H2,2-5H3. The van der Waals surface area contributed by atoms with Gasteiger partial charge in [0.25, 0.3) is 0 Å². The van der Waals surface area contributed by atoms with Crippen molar-refractivity contribution in [1.82, 2.24) is 0 Å². The highest BCUT2D eigenvalue weighted by molar-refractivity contribution is 5.92. The van der Waals surface area contributed by atoms with Crippen molar-refractivity contribution >= 4 is 5.97 Å². The fourth-order valence-corrected chi connectivity index (χ4v) is 3.53. The van der Waals surface area contributed by atoms with E-state index in [1.807, 2.05) is 19.1 Å². The van der Waals surface area contributed by atoms with Crippen molar-refractivity contribution in [3.05, 3.63) is 42.0 Å². The number of para-hydroxylation sites is 1. The third kappa shape index (κ3) is 5.12. The third-order valence-corrected chi connectivity index (χ3v) is 4.20. The van der Waals surface area contributed by atoms with Crippen LogP contribution in [-0.4, -0.2) is 18.7 Å². The monoisotopic (exact) mass is 316 g/mol. The second kappa shape index (κ2) is 7.20. The molecule has 1 aliphatic carbocycles. The zero-order valence-corrected chi connectivity index (χ0v) is 14.7. The molecule has 126 valence electrons. The quantitative estimate of drug-likeness (QED) is 0.565. The molecule has 1 aromatic rings. The first-order valence-corrected chi connectivity index (χ1v) is 8.34. The molecule has 23 heavy (non-hydrogen) atoms. The minimum atomic E-state index is -0.294. The Hall–Kier alpha value is -1.77. The molecule has 1 aromatic carbocycles. The molecular weight excluding hydrogens is 288 g/mol. The number of esters is 1. The molecule has 0 N–H and O–H groups in total. The second-order valence-electron chi connectivity index (χ2n) is 7.68. The number of carbonyl (C=O) groups excluding carboxylic acids is 1. The normalized spacial score (nSPS) is 23.1. The van der Waals surface area contributed by atoms with E-state index >= 15 is 0 Å². The van der Waals surface area contributed by atoms with Crippen LogP contribution in [0.4, 0.5) is 0 Å². The van der Waals surface area contributed by atoms with Gasteiger partial charge in [0.1, 0.15) is 24.0 Å². The lowest BCUT2D eigenvalue weighted by Gasteiger charge is -2.38. The van der Waals surface area contributed by atoms with Crippen molar-refractivity contribution in [2.24, 2.45) is 11.3 Å². The molecule has 2 atom stereocenters. The minimum absolute atomic E-state index is 0.0181. The van der Waals surface area contributed by atoms with Gasteiger partial charge >= 0.3 is 5.97 Å². The van der Waals surface area contributed by atoms with Crippen LogP contribution in [0, 0.1) is 11.3 Å². The van der Waals surface area contributed by atoms with Gasteiger partial charge in [0.2, 0.25) is 0 Å². The van der Waals surface area contributed by atoms with Gasteiger partial charge in [-0.15, -0.1) is 0 Å². The molecule has 0 amide bonds. The molecule has 0 spiro atoms. The molecule has 0 radical (unpaired) electrons. The zero-order chi connectivity index (χ0) is 17.0. The number of benzene rings is 1. The Morgan fingerprint density at radius 2 is 2.00 bits per heavy atom. The molecule has 3 nitrogen and oxygen atoms in total. The van der Waals surface area contributed by atoms with Crippen LogP contribution >= 0.6 is 0 Å². The molecule has 3 heteroatoms. The first-order chi connectivity index (χ1) is 10.8. The van der Waals surface area contributed by atoms with Crippen LogP contribution in [0.15, 0.2) is 36.4 Å². The van der Waals surface area contributed by atoms with Crippen molar-refractivity contribution in [3.63, 3.8) is 0 Å². The van der Waals surface area contributed by atoms with E-state index in [0.717, 1.165) is 18.4 Å². The summed E-state index contributed by atoms with van der Waals surface area (Å²) in [7, 11) is 0. The maximum absolute atomic E-state index is 12.6. The smallest absolute Gasteiger partial charge is 0.342 e. The topological polar surface area (TPSA) is 35.5 Å². The van der Waals surface area contributed by atoms with E-state index in [9.17, 15) is 4.79 Å². The largest absolute Gasteiger partial charge is 0.488 e. The van der Waals surface area contributed by atoms with Gasteiger partial charge in [-0.2, -0.15) is 0 Å². The highest BCUT2D eigenvalue weighted by Gasteiger charge is 2.34. The van der Waals surface area contributed by atoms with Gasteiger partial charge in [-0.3, -0.25) is 0 Å². The molecule has 0 saturated heterocycles. The first kappa shape index (κ1) is 17.6. The van der Waals surface area contributed by atoms with E-state index in [1.54, 1.807) is 12.1 Å². The predicted molar refractivity (Wildman–Crippen MR) is 92.8 cm³/mol. The lowest BCUT2D eigenvalue weighted by molar-refractivity contribution is -0.00739. The van der Waals surface area contributed by atoms with Crippen molar-refractivity contribution in [2.75, 3.05) is 6.61 Å². The van der Waals surface area contributed by atoms with Gasteiger partial charge in [0.15, 0.2) is 0 Å². The number of carbonyl (C=O) groups is 1. The Bertz CT molecular complexity index is 574. The molecule has 0 heterocycles. The molecule has 1 aliphatic rings. The Balaban J connectivity index is 2.07. The van der Waals surface area contributed by atoms with Crippen molar-refractivity contribution < 1.29 is 14.3 Å². The van der Waals surface area contributed by atoms with E-state index in [2.05, 4.69) is 27.4 Å². The highest BCUT2D eigenvalue weighted by atomic mass is 16.5. The molecule has 0 aromatic heterocycles. The van der Waals surface area contributed by atoms with Crippen LogP contribution in [0.3, 0.4) is 0 Å². The molecule has 0 aliphatic heterocycles. The van der Waals surface area contributed by atoms with Crippen LogP contribution in [0.5, 0.6) is 5.75 Å². The van der Waals surface area contributed by atoms with E-state index in [1.165, 1.54) is 6.42 Å². The summed E-state index contributed by atoms with van der Waals surface area (Å²) in [5.74, 6) is 0.840. The van der Waals surface area contributed by atoms with Crippen molar-refractivity contribution in [2.45, 2.75) is 53.1 Å². The lowest BCUT2D eigenvalue weighted by atomic mass is 9.71. The maximum Gasteiger partial charge on any atom is 0.342 e. The summed E-state index contributed by atoms with van der Waals surface area (Å²) in [5, 5.41) is 0. The second-order valence-corrected chi connectivity index (χ2v) is 7.68. The lowest BCUT2D eigenvalue weighted by Crippen LogP contribution is -2.34. The SMILES string of the molecule is C=C(C)COc1ccccc1C(=O)OC1CC(C)CC(C)(C)C1. The van der Waals surface area contributed by atoms with Gasteiger partial charge in [-0.1, -0.05) is 39.5 Å². The molecule has 0 bridgehead atoms. The molecule has 2 rings (SSSR count). The predicted octanol–water partition coefficient (Wildman–Crippen LogP) is 5.01. The average molecular weight is 316 g/mol. The number of ether oxygens (including phenoxy) is 2. The molecule has 2 unspecified atom stereocenters. The summed E-state index contributed by atoms with van der Waals surface area (Å²) in [6, 6.07) is 7.24. The van der Waals surface area contributed by atoms with Gasteiger partial charge in [-0.25, -0.2) is 4.79 Å². The average Bonchev–Trinajstić information content (AvgIpc) is 2.43. The van der Waals surface area contributed by atoms with Crippen LogP contribution < -0.4 is 4.74 Å². The summed E-state index contributed by atoms with van der Waals surface area (Å²) in [4.78, 5) is 12.6. The zero-order valence-electron chi connectivity index (χ0n) is 14.7. The van der Waals surface area contributed by atoms with Crippen molar-refractivity contribution in [1.29, 1.82) is 0 Å². The van der Waals surface area contributed by atoms with Gasteiger partial charge < -0.3 is 9.47 Å². The fourth-order valence-electron chi connectivity index (χ4n) is 3.53. The van der Waals surface area contributed by atoms with E-state index in [0.29, 0.717) is 23.8 Å². The summed E-state index contributed by atoms with van der Waals surface area (Å²) < 4.78 is 11.5. The maximum atomic E-state index is 12.6. The third-order valence-electron chi connectivity index (χ3n) is 4.20. The van der Waals surface area contributed by atoms with Crippen LogP contribution in [0.2, 0.25) is 0 Å². The van der Waals surface area contributed by atoms with E-state index in [4.69, 9.17) is 9.47 Å². The summed E-state index contributed by atoms with van der Waals surface area (Å²) in [5.41, 5.74) is 1.62. The van der Waals surface area contributed by atoms with Crippen LogP contribution in [0.25, 0.3) is 0 Å². The summed E-state index contributed by atoms with van der Waals surface area (Å²) in [6.45, 7) is 12.8. The fraction of sp³-hybridized carbons (Fsp3) is 0.550. The first-order valence-electron chi connectivity index (χ1n) is 8.34. The minimum Gasteiger partial charge on any atom is -0.488 e. The van der Waals surface area contributed by atoms with Gasteiger partial charge in [-0.05, 0) is 55.2 Å². The van der Waals surface area contributed by atoms with Crippen LogP contribution in [-0.2, 0) is 4.74 Å². The Kier molecular flexibility index (Phi) is 5.51. The molecule has 1 saturated carbocycles. The van der Waals surface area contributed by atoms with Crippen LogP contribution in [0.1, 0.15) is 57.3 Å². The Labute approximate surface area is 139 Å². The molecule has 1 fully saturated rings. The van der Waals surface area contributed by atoms with Gasteiger partial charge in [0, 0.05) is 0 Å². The summed E-state index contributed by atoms with van der Waals surface area (Å²) in [6.07, 6.45) is 3.01. The van der Waals surface area contributed by atoms with Gasteiger partial charge in [0.05, 0.1) is 0 Å². The Morgan fingerprint density at radius 1 is 1.30 bits per heavy atom. The van der Waals surface area contributed by atoms with E-state index in [-0.39, 0.29) is 17.5 Å². The highest BCUT2D eigenvalue weighted by Crippen LogP contribution is 2.40. The Morgan fingerprint density at radius 3 is 2.65 bits per heavy atom. The molecular formula is C20H28O3. The number of hydrogen-bond acceptors (Lipinski definition) is 3. The van der Waals surface area contributed by atoms with E-state index < -0.39 is 0 Å². The number of hydrogen-bond donors (Lipinski definition) is 0.